The summed E-state index contributed by atoms with van der Waals surface area (Å²) in [5, 5.41) is 0. The Morgan fingerprint density at radius 1 is 1.36 bits per heavy atom. The molecule has 2 nitrogen and oxygen atoms in total. The van der Waals surface area contributed by atoms with E-state index in [2.05, 4.69) is 0 Å². The van der Waals surface area contributed by atoms with Gasteiger partial charge in [-0.15, -0.1) is 0 Å². The summed E-state index contributed by atoms with van der Waals surface area (Å²) in [6.45, 7) is 4.23. The Morgan fingerprint density at radius 2 is 1.93 bits per heavy atom. The van der Waals surface area contributed by atoms with E-state index in [1.54, 1.807) is 0 Å². The average molecular weight is 334 g/mol. The zero-order valence-corrected chi connectivity index (χ0v) is 12.8. The molecule has 0 aromatic heterocycles. The molecule has 82 valence electrons. The molecule has 0 aliphatic carbocycles. The van der Waals surface area contributed by atoms with Gasteiger partial charge in [0.2, 0.25) is 5.69 Å². The summed E-state index contributed by atoms with van der Waals surface area (Å²) in [6.07, 6.45) is 7.56. The molecule has 0 saturated heterocycles. The Morgan fingerprint density at radius 3 is 2.43 bits per heavy atom. The van der Waals surface area contributed by atoms with Gasteiger partial charge in [-0.1, -0.05) is 35.7 Å². The SMILES string of the molecule is CC=CCOP(O)(=S)SCC=CC.[Mo]. The van der Waals surface area contributed by atoms with Gasteiger partial charge in [-0.25, -0.2) is 0 Å². The van der Waals surface area contributed by atoms with Crippen LogP contribution in [0.1, 0.15) is 13.8 Å². The molecule has 0 rings (SSSR count). The first-order valence-electron chi connectivity index (χ1n) is 3.96. The number of allylic oxidation sites excluding steroid dienone is 2. The minimum atomic E-state index is -2.60. The van der Waals surface area contributed by atoms with E-state index >= 15 is 0 Å². The maximum absolute atomic E-state index is 9.57. The zero-order valence-electron chi connectivity index (χ0n) is 8.25. The van der Waals surface area contributed by atoms with Gasteiger partial charge in [0.25, 0.3) is 0 Å². The molecule has 0 bridgehead atoms. The van der Waals surface area contributed by atoms with E-state index in [1.807, 2.05) is 38.2 Å². The molecule has 0 aliphatic heterocycles. The molecule has 1 atom stereocenters. The quantitative estimate of drug-likeness (QED) is 0.459. The van der Waals surface area contributed by atoms with Crippen molar-refractivity contribution in [1.29, 1.82) is 0 Å². The van der Waals surface area contributed by atoms with E-state index in [9.17, 15) is 4.89 Å². The molecule has 0 heterocycles. The number of rotatable bonds is 6. The van der Waals surface area contributed by atoms with Gasteiger partial charge in [0.05, 0.1) is 6.61 Å². The minimum Gasteiger partial charge on any atom is -0.337 e. The van der Waals surface area contributed by atoms with Crippen molar-refractivity contribution in [1.82, 2.24) is 0 Å². The normalized spacial score (nSPS) is 15.6. The Balaban J connectivity index is 0. The fourth-order valence-electron chi connectivity index (χ4n) is 0.504. The van der Waals surface area contributed by atoms with Gasteiger partial charge in [0.15, 0.2) is 0 Å². The van der Waals surface area contributed by atoms with Gasteiger partial charge in [0.1, 0.15) is 0 Å². The summed E-state index contributed by atoms with van der Waals surface area (Å²) in [5.74, 6) is 0.708. The molecule has 14 heavy (non-hydrogen) atoms. The van der Waals surface area contributed by atoms with Crippen molar-refractivity contribution < 1.29 is 30.5 Å². The largest absolute Gasteiger partial charge is 0.337 e. The van der Waals surface area contributed by atoms with Crippen LogP contribution in [0.5, 0.6) is 0 Å². The third kappa shape index (κ3) is 11.2. The molecular weight excluding hydrogens is 319 g/mol. The molecule has 0 aliphatic rings. The number of hydrogen-bond acceptors (Lipinski definition) is 3. The first-order valence-corrected chi connectivity index (χ1v) is 8.23. The molecule has 0 aromatic carbocycles. The third-order valence-corrected chi connectivity index (χ3v) is 5.29. The molecule has 0 saturated carbocycles. The van der Waals surface area contributed by atoms with Crippen LogP contribution in [-0.4, -0.2) is 17.3 Å². The van der Waals surface area contributed by atoms with Crippen LogP contribution in [0.25, 0.3) is 0 Å². The predicted molar refractivity (Wildman–Crippen MR) is 64.5 cm³/mol. The molecule has 0 spiro atoms. The molecule has 0 aromatic rings. The van der Waals surface area contributed by atoms with E-state index in [0.717, 1.165) is 0 Å². The Kier molecular flexibility index (Phi) is 13.2. The van der Waals surface area contributed by atoms with E-state index < -0.39 is 5.69 Å². The summed E-state index contributed by atoms with van der Waals surface area (Å²) < 4.78 is 5.14. The van der Waals surface area contributed by atoms with Gasteiger partial charge < -0.3 is 9.42 Å². The second-order valence-corrected chi connectivity index (χ2v) is 8.42. The van der Waals surface area contributed by atoms with Crippen LogP contribution < -0.4 is 0 Å². The van der Waals surface area contributed by atoms with Crippen molar-refractivity contribution in [2.24, 2.45) is 0 Å². The van der Waals surface area contributed by atoms with E-state index in [-0.39, 0.29) is 21.1 Å². The third-order valence-electron chi connectivity index (χ3n) is 1.14. The van der Waals surface area contributed by atoms with Gasteiger partial charge in [-0.05, 0) is 25.7 Å². The van der Waals surface area contributed by atoms with Crippen molar-refractivity contribution in [3.63, 3.8) is 0 Å². The Labute approximate surface area is 109 Å². The van der Waals surface area contributed by atoms with Crippen LogP contribution in [-0.2, 0) is 37.4 Å². The van der Waals surface area contributed by atoms with Crippen molar-refractivity contribution in [3.8, 4) is 0 Å². The first kappa shape index (κ1) is 17.5. The molecule has 1 N–H and O–H groups in total. The zero-order chi connectivity index (χ0) is 10.2. The van der Waals surface area contributed by atoms with Crippen molar-refractivity contribution in [3.05, 3.63) is 24.3 Å². The topological polar surface area (TPSA) is 29.5 Å². The smallest absolute Gasteiger partial charge is 0.245 e. The van der Waals surface area contributed by atoms with Crippen molar-refractivity contribution in [2.45, 2.75) is 13.8 Å². The van der Waals surface area contributed by atoms with Crippen LogP contribution in [0.15, 0.2) is 24.3 Å². The minimum absolute atomic E-state index is 0. The first-order chi connectivity index (χ1) is 6.12. The molecule has 1 unspecified atom stereocenters. The monoisotopic (exact) mass is 336 g/mol. The molecule has 0 amide bonds. The molecule has 6 heteroatoms. The summed E-state index contributed by atoms with van der Waals surface area (Å²) in [7, 11) is 0. The standard InChI is InChI=1S/C8H15O2PS2.Mo/c1-3-5-7-10-11(9,12)13-8-6-4-2;/h3-6H,7-8H2,1-2H3,(H,9,12);. The summed E-state index contributed by atoms with van der Waals surface area (Å²) >= 11 is 6.20. The van der Waals surface area contributed by atoms with E-state index in [4.69, 9.17) is 16.3 Å². The van der Waals surface area contributed by atoms with Gasteiger partial charge in [0, 0.05) is 26.8 Å². The van der Waals surface area contributed by atoms with Crippen molar-refractivity contribution >= 4 is 28.9 Å². The van der Waals surface area contributed by atoms with Crippen LogP contribution >= 0.6 is 17.1 Å². The Hall–Kier alpha value is 1.09. The van der Waals surface area contributed by atoms with Crippen LogP contribution in [0, 0.1) is 0 Å². The number of hydrogen-bond donors (Lipinski definition) is 1. The van der Waals surface area contributed by atoms with Crippen molar-refractivity contribution in [2.75, 3.05) is 12.4 Å². The fourth-order valence-corrected chi connectivity index (χ4v) is 3.28. The summed E-state index contributed by atoms with van der Waals surface area (Å²) in [4.78, 5) is 9.57. The second kappa shape index (κ2) is 10.6. The maximum atomic E-state index is 9.57. The summed E-state index contributed by atoms with van der Waals surface area (Å²) in [5.41, 5.74) is -2.60. The molecule has 0 fully saturated rings. The average Bonchev–Trinajstić information content (AvgIpc) is 2.05. The second-order valence-electron chi connectivity index (χ2n) is 2.20. The maximum Gasteiger partial charge on any atom is 0.245 e. The molecule has 0 radical (unpaired) electrons. The predicted octanol–water partition coefficient (Wildman–Crippen LogP) is 3.10. The molecular formula is C8H15MoO2PS2. The van der Waals surface area contributed by atoms with Crippen LogP contribution in [0.2, 0.25) is 0 Å². The van der Waals surface area contributed by atoms with Gasteiger partial charge in [-0.2, -0.15) is 0 Å². The Bertz CT molecular complexity index is 211. The fraction of sp³-hybridized carbons (Fsp3) is 0.500. The van der Waals surface area contributed by atoms with E-state index in [0.29, 0.717) is 12.4 Å². The van der Waals surface area contributed by atoms with Gasteiger partial charge >= 0.3 is 0 Å². The summed E-state index contributed by atoms with van der Waals surface area (Å²) in [6, 6.07) is 0. The van der Waals surface area contributed by atoms with E-state index in [1.165, 1.54) is 11.4 Å². The van der Waals surface area contributed by atoms with Crippen LogP contribution in [0.4, 0.5) is 0 Å². The van der Waals surface area contributed by atoms with Crippen LogP contribution in [0.3, 0.4) is 0 Å². The van der Waals surface area contributed by atoms with Gasteiger partial charge in [-0.3, -0.25) is 0 Å².